The van der Waals surface area contributed by atoms with Gasteiger partial charge in [0, 0.05) is 71.0 Å². The highest BCUT2D eigenvalue weighted by molar-refractivity contribution is 8.78. The van der Waals surface area contributed by atoms with Crippen LogP contribution < -0.4 is 4.74 Å². The van der Waals surface area contributed by atoms with Crippen molar-refractivity contribution in [3.63, 3.8) is 0 Å². The molecule has 0 fully saturated rings. The van der Waals surface area contributed by atoms with E-state index in [1.807, 2.05) is 32.3 Å². The zero-order chi connectivity index (χ0) is 69.0. The largest absolute Gasteiger partial charge is 0.478 e. The number of aryl methyl sites for hydroxylation is 4. The molecule has 10 rings (SSSR count). The van der Waals surface area contributed by atoms with E-state index in [2.05, 4.69) is 107 Å². The van der Waals surface area contributed by atoms with Crippen LogP contribution in [0.3, 0.4) is 0 Å². The molecular formula is C58H52N12O16S12. The van der Waals surface area contributed by atoms with Gasteiger partial charge in [0.15, 0.2) is 37.3 Å². The number of carbonyl (C=O) groups is 6. The predicted molar refractivity (Wildman–Crippen MR) is 378 cm³/mol. The summed E-state index contributed by atoms with van der Waals surface area (Å²) in [5.74, 6) is -1.71. The lowest BCUT2D eigenvalue weighted by Gasteiger charge is -2.01. The van der Waals surface area contributed by atoms with Crippen LogP contribution in [0, 0.1) is 13.8 Å². The summed E-state index contributed by atoms with van der Waals surface area (Å²) < 4.78 is 6.86. The van der Waals surface area contributed by atoms with E-state index in [9.17, 15) is 28.8 Å². The molecular weight excluding hydrogens is 1510 g/mol. The SMILES string of the molecule is CCc1ccc(SSc2ccc(C)cn2)nc1.CCc1csc(SSc2nc(C)cs2)n1.O.O.O.O=C=O.O=C=O.O=COc1ccc(SSc2ccc(C=O)cn2)nc1.O=Cc1ccnc(SSc2cc(C(=O)O)ccn2)c1.O=Cc1ccnc(SSc2nccc(C(=O)O)n2)n1. The van der Waals surface area contributed by atoms with Gasteiger partial charge in [0.25, 0.3) is 6.47 Å². The Morgan fingerprint density at radius 3 is 1.48 bits per heavy atom. The molecule has 0 atom stereocenters. The fourth-order valence-corrected chi connectivity index (χ4v) is 16.6. The molecule has 0 unspecified atom stereocenters. The van der Waals surface area contributed by atoms with Gasteiger partial charge in [0.05, 0.1) is 17.5 Å². The molecule has 0 aromatic carbocycles. The maximum Gasteiger partial charge on any atom is 0.373 e. The smallest absolute Gasteiger partial charge is 0.373 e. The highest BCUT2D eigenvalue weighted by Crippen LogP contribution is 2.41. The Morgan fingerprint density at radius 2 is 1.00 bits per heavy atom. The summed E-state index contributed by atoms with van der Waals surface area (Å²) in [5, 5.41) is 27.3. The third-order valence-corrected chi connectivity index (χ3v) is 23.2. The summed E-state index contributed by atoms with van der Waals surface area (Å²) in [6.45, 7) is 8.68. The van der Waals surface area contributed by atoms with E-state index in [4.69, 9.17) is 29.4 Å². The number of ether oxygens (including phenoxy) is 1. The van der Waals surface area contributed by atoms with Gasteiger partial charge in [-0.05, 0) is 219 Å². The number of nitrogens with zero attached hydrogens (tertiary/aromatic N) is 12. The van der Waals surface area contributed by atoms with Gasteiger partial charge in [-0.25, -0.2) is 69.4 Å². The molecule has 0 bridgehead atoms. The molecule has 512 valence electrons. The zero-order valence-corrected chi connectivity index (χ0v) is 60.5. The second-order valence-electron chi connectivity index (χ2n) is 16.5. The lowest BCUT2D eigenvalue weighted by Crippen LogP contribution is -2.01. The van der Waals surface area contributed by atoms with Gasteiger partial charge in [-0.3, -0.25) is 19.2 Å². The van der Waals surface area contributed by atoms with E-state index in [0.29, 0.717) is 44.8 Å². The minimum atomic E-state index is -1.12. The van der Waals surface area contributed by atoms with Crippen molar-refractivity contribution in [2.75, 3.05) is 0 Å². The number of carbonyl (C=O) groups excluding carboxylic acids is 8. The Bertz CT molecular complexity index is 3970. The lowest BCUT2D eigenvalue weighted by molar-refractivity contribution is -0.193. The molecule has 8 N–H and O–H groups in total. The molecule has 0 radical (unpaired) electrons. The lowest BCUT2D eigenvalue weighted by atomic mass is 10.2. The zero-order valence-electron chi connectivity index (χ0n) is 50.7. The average Bonchev–Trinajstić information content (AvgIpc) is 1.35. The Labute approximate surface area is 605 Å². The molecule has 0 aliphatic carbocycles. The molecule has 10 aromatic heterocycles. The number of aromatic carboxylic acids is 2. The molecule has 0 saturated carbocycles. The molecule has 40 heteroatoms. The van der Waals surface area contributed by atoms with Gasteiger partial charge in [-0.15, -0.1) is 22.7 Å². The van der Waals surface area contributed by atoms with E-state index in [1.54, 1.807) is 108 Å². The van der Waals surface area contributed by atoms with E-state index in [0.717, 1.165) is 81.5 Å². The number of hydrogen-bond donors (Lipinski definition) is 2. The van der Waals surface area contributed by atoms with Gasteiger partial charge in [0.1, 0.15) is 47.9 Å². The van der Waals surface area contributed by atoms with Crippen molar-refractivity contribution in [3.8, 4) is 5.75 Å². The van der Waals surface area contributed by atoms with Crippen molar-refractivity contribution in [2.24, 2.45) is 0 Å². The van der Waals surface area contributed by atoms with Crippen molar-refractivity contribution < 1.29 is 79.3 Å². The number of thiazole rings is 2. The van der Waals surface area contributed by atoms with Gasteiger partial charge in [0.2, 0.25) is 0 Å². The Morgan fingerprint density at radius 1 is 0.480 bits per heavy atom. The highest BCUT2D eigenvalue weighted by Gasteiger charge is 2.11. The minimum absolute atomic E-state index is 0. The van der Waals surface area contributed by atoms with Gasteiger partial charge in [-0.1, -0.05) is 26.0 Å². The molecule has 98 heavy (non-hydrogen) atoms. The van der Waals surface area contributed by atoms with Crippen LogP contribution in [-0.4, -0.2) is 136 Å². The number of carboxylic acid groups (broad SMARTS) is 2. The topological polar surface area (TPSA) is 470 Å². The third kappa shape index (κ3) is 35.9. The fraction of sp³-hybridized carbons (Fsp3) is 0.103. The van der Waals surface area contributed by atoms with E-state index in [-0.39, 0.29) is 50.8 Å². The number of aromatic nitrogens is 12. The number of aldehydes is 3. The van der Waals surface area contributed by atoms with Gasteiger partial charge < -0.3 is 31.4 Å². The predicted octanol–water partition coefficient (Wildman–Crippen LogP) is 11.8. The number of carboxylic acids is 2. The maximum atomic E-state index is 10.8. The molecule has 28 nitrogen and oxygen atoms in total. The van der Waals surface area contributed by atoms with Crippen molar-refractivity contribution in [3.05, 3.63) is 196 Å². The Kier molecular flexibility index (Phi) is 46.6. The number of hydrogen-bond acceptors (Lipinski definition) is 35. The van der Waals surface area contributed by atoms with Crippen molar-refractivity contribution in [2.45, 2.75) is 89.7 Å². The maximum absolute atomic E-state index is 10.8. The normalized spacial score (nSPS) is 9.47. The summed E-state index contributed by atoms with van der Waals surface area (Å²) >= 11 is 3.40. The van der Waals surface area contributed by atoms with Crippen LogP contribution in [0.5, 0.6) is 5.75 Å². The van der Waals surface area contributed by atoms with Crippen LogP contribution in [0.1, 0.15) is 88.4 Å². The van der Waals surface area contributed by atoms with Crippen molar-refractivity contribution in [1.82, 2.24) is 59.8 Å². The molecule has 0 spiro atoms. The first-order valence-corrected chi connectivity index (χ1v) is 38.5. The first kappa shape index (κ1) is 87.9. The van der Waals surface area contributed by atoms with Gasteiger partial charge in [-0.2, -0.15) is 19.2 Å². The van der Waals surface area contributed by atoms with Crippen LogP contribution in [0.25, 0.3) is 0 Å². The Balaban J connectivity index is 0.000000596. The van der Waals surface area contributed by atoms with Crippen LogP contribution >= 0.6 is 131 Å². The molecule has 0 aliphatic rings. The van der Waals surface area contributed by atoms with Crippen LogP contribution in [0.4, 0.5) is 0 Å². The first-order valence-electron chi connectivity index (χ1n) is 26.0. The summed E-state index contributed by atoms with van der Waals surface area (Å²) in [4.78, 5) is 146. The van der Waals surface area contributed by atoms with E-state index in [1.165, 1.54) is 115 Å². The summed E-state index contributed by atoms with van der Waals surface area (Å²) in [5.41, 5.74) is 6.20. The molecule has 0 saturated heterocycles. The van der Waals surface area contributed by atoms with Crippen molar-refractivity contribution in [1.29, 1.82) is 0 Å². The quantitative estimate of drug-likeness (QED) is 0.0322. The number of pyridine rings is 6. The molecule has 0 amide bonds. The first-order chi connectivity index (χ1) is 46.1. The second-order valence-corrected chi connectivity index (χ2v) is 29.4. The molecule has 10 aromatic rings. The standard InChI is InChI=1S/C13H14N2S2.2C12H8N2O3S2.C10H6N4O3S2.C9H10N2S4.2CO2.3H2O/c1-3-11-5-7-13(15-9-11)17-16-12-6-4-10(2)8-14-12;15-7-9-1-3-11(13-5-9)18-19-12-4-2-10(6-14-12)17-8-16;15-7-8-1-3-13-10(5-8)18-19-11-6-9(12(16)17)2-4-14-11;15-5-6-1-3-11-9(13-6)18-19-10-12-4-2-7(14-10)8(16)17;1-3-7-5-13-9(11-7)15-14-8-10-6(2)4-12-8;2*2-1-3;;;/h4-9H,3H2,1-2H3;1-8H;1-7H,(H,16,17);1-5H,(H,16,17);4-5H,3H2,1-2H3;;;3*1H2. The second kappa shape index (κ2) is 52.0. The molecule has 10 heterocycles. The van der Waals surface area contributed by atoms with Crippen molar-refractivity contribution >= 4 is 180 Å². The highest BCUT2D eigenvalue weighted by atomic mass is 33.1. The fourth-order valence-electron chi connectivity index (χ4n) is 5.58. The third-order valence-electron chi connectivity index (χ3n) is 9.89. The van der Waals surface area contributed by atoms with Crippen LogP contribution in [0.15, 0.2) is 194 Å². The monoisotopic (exact) mass is 1560 g/mol. The Hall–Kier alpha value is -8.12. The summed E-state index contributed by atoms with van der Waals surface area (Å²) in [6.07, 6.45) is 17.3. The minimum Gasteiger partial charge on any atom is -0.478 e. The van der Waals surface area contributed by atoms with Crippen LogP contribution in [-0.2, 0) is 36.8 Å². The summed E-state index contributed by atoms with van der Waals surface area (Å²) in [7, 11) is 14.4. The van der Waals surface area contributed by atoms with E-state index >= 15 is 0 Å². The summed E-state index contributed by atoms with van der Waals surface area (Å²) in [6, 6.07) is 24.2. The average molecular weight is 1560 g/mol. The van der Waals surface area contributed by atoms with Gasteiger partial charge >= 0.3 is 24.2 Å². The number of rotatable bonds is 24. The van der Waals surface area contributed by atoms with Crippen LogP contribution in [0.2, 0.25) is 0 Å². The van der Waals surface area contributed by atoms with E-state index < -0.39 is 11.9 Å². The molecule has 0 aliphatic heterocycles.